The van der Waals surface area contributed by atoms with Crippen molar-refractivity contribution in [2.75, 3.05) is 26.2 Å². The van der Waals surface area contributed by atoms with E-state index >= 15 is 0 Å². The molecule has 4 rings (SSSR count). The van der Waals surface area contributed by atoms with Gasteiger partial charge in [0.2, 0.25) is 0 Å². The molecule has 1 aliphatic heterocycles. The Morgan fingerprint density at radius 1 is 0.964 bits per heavy atom. The molecule has 28 heavy (non-hydrogen) atoms. The highest BCUT2D eigenvalue weighted by atomic mass is 16.5. The number of hydrogen-bond donors (Lipinski definition) is 1. The second-order valence-electron chi connectivity index (χ2n) is 6.38. The third-order valence-electron chi connectivity index (χ3n) is 4.87. The third-order valence-corrected chi connectivity index (χ3v) is 4.87. The summed E-state index contributed by atoms with van der Waals surface area (Å²) in [5.74, 6) is 2.65. The Labute approximate surface area is 162 Å². The SMILES string of the molecule is COc1ccc(C2c3cc(OC)c(OC)cc3C=C(C)N2c2nn[nH]n2)cc1. The number of nitrogens with zero attached hydrogens (tertiary/aromatic N) is 4. The van der Waals surface area contributed by atoms with Gasteiger partial charge in [0.15, 0.2) is 11.5 Å². The lowest BCUT2D eigenvalue weighted by atomic mass is 9.89. The molecule has 2 aromatic carbocycles. The molecule has 0 spiro atoms. The quantitative estimate of drug-likeness (QED) is 0.728. The van der Waals surface area contributed by atoms with Gasteiger partial charge in [-0.1, -0.05) is 17.2 Å². The van der Waals surface area contributed by atoms with E-state index < -0.39 is 0 Å². The highest BCUT2D eigenvalue weighted by Gasteiger charge is 2.33. The van der Waals surface area contributed by atoms with Gasteiger partial charge in [-0.25, -0.2) is 0 Å². The maximum atomic E-state index is 5.54. The molecule has 144 valence electrons. The standard InChI is InChI=1S/C20H21N5O3/c1-12-9-14-10-17(27-3)18(28-4)11-16(14)19(25(12)20-21-23-24-22-20)13-5-7-15(26-2)8-6-13/h5-11,19H,1-4H3,(H,21,22,23,24). The minimum Gasteiger partial charge on any atom is -0.497 e. The molecule has 0 fully saturated rings. The van der Waals surface area contributed by atoms with Gasteiger partial charge in [0.05, 0.1) is 27.4 Å². The number of H-pyrrole nitrogens is 1. The predicted molar refractivity (Wildman–Crippen MR) is 105 cm³/mol. The van der Waals surface area contributed by atoms with Crippen molar-refractivity contribution in [1.29, 1.82) is 0 Å². The van der Waals surface area contributed by atoms with Gasteiger partial charge in [-0.2, -0.15) is 5.21 Å². The molecule has 8 nitrogen and oxygen atoms in total. The zero-order valence-corrected chi connectivity index (χ0v) is 16.1. The topological polar surface area (TPSA) is 85.4 Å². The Morgan fingerprint density at radius 3 is 2.29 bits per heavy atom. The molecule has 0 saturated heterocycles. The molecule has 0 saturated carbocycles. The smallest absolute Gasteiger partial charge is 0.270 e. The number of tetrazole rings is 1. The minimum atomic E-state index is -0.164. The summed E-state index contributed by atoms with van der Waals surface area (Å²) in [5, 5.41) is 14.7. The van der Waals surface area contributed by atoms with Gasteiger partial charge in [-0.05, 0) is 59.2 Å². The van der Waals surface area contributed by atoms with Crippen molar-refractivity contribution in [3.05, 3.63) is 58.8 Å². The molecule has 2 heterocycles. The van der Waals surface area contributed by atoms with Crippen molar-refractivity contribution < 1.29 is 14.2 Å². The monoisotopic (exact) mass is 379 g/mol. The Kier molecular flexibility index (Phi) is 4.60. The molecule has 0 aliphatic carbocycles. The van der Waals surface area contributed by atoms with Crippen LogP contribution < -0.4 is 19.1 Å². The fourth-order valence-corrected chi connectivity index (χ4v) is 3.56. The van der Waals surface area contributed by atoms with E-state index in [1.54, 1.807) is 21.3 Å². The zero-order chi connectivity index (χ0) is 19.7. The van der Waals surface area contributed by atoms with E-state index in [9.17, 15) is 0 Å². The predicted octanol–water partition coefficient (Wildman–Crippen LogP) is 3.20. The van der Waals surface area contributed by atoms with Crippen LogP contribution >= 0.6 is 0 Å². The van der Waals surface area contributed by atoms with Crippen LogP contribution in [0.5, 0.6) is 17.2 Å². The van der Waals surface area contributed by atoms with E-state index in [4.69, 9.17) is 14.2 Å². The number of nitrogens with one attached hydrogen (secondary N) is 1. The van der Waals surface area contributed by atoms with E-state index in [0.29, 0.717) is 17.4 Å². The lowest BCUT2D eigenvalue weighted by molar-refractivity contribution is 0.354. The number of hydrogen-bond acceptors (Lipinski definition) is 7. The summed E-state index contributed by atoms with van der Waals surface area (Å²) in [6, 6.07) is 11.8. The number of aromatic amines is 1. The molecule has 0 amide bonds. The van der Waals surface area contributed by atoms with E-state index in [1.807, 2.05) is 48.2 Å². The lowest BCUT2D eigenvalue weighted by Crippen LogP contribution is -2.32. The van der Waals surface area contributed by atoms with Crippen molar-refractivity contribution in [3.8, 4) is 17.2 Å². The van der Waals surface area contributed by atoms with Gasteiger partial charge in [-0.3, -0.25) is 0 Å². The van der Waals surface area contributed by atoms with Gasteiger partial charge in [0, 0.05) is 5.70 Å². The normalized spacial score (nSPS) is 15.6. The first-order chi connectivity index (χ1) is 13.7. The maximum absolute atomic E-state index is 5.54. The maximum Gasteiger partial charge on any atom is 0.270 e. The fraction of sp³-hybridized carbons (Fsp3) is 0.250. The van der Waals surface area contributed by atoms with E-state index in [0.717, 1.165) is 28.1 Å². The van der Waals surface area contributed by atoms with Gasteiger partial charge < -0.3 is 19.1 Å². The second kappa shape index (κ2) is 7.22. The third kappa shape index (κ3) is 2.92. The fourth-order valence-electron chi connectivity index (χ4n) is 3.56. The average Bonchev–Trinajstić information content (AvgIpc) is 3.26. The molecule has 0 radical (unpaired) electrons. The Morgan fingerprint density at radius 2 is 1.68 bits per heavy atom. The first-order valence-corrected chi connectivity index (χ1v) is 8.77. The molecular formula is C20H21N5O3. The van der Waals surface area contributed by atoms with Crippen LogP contribution in [0.1, 0.15) is 29.7 Å². The summed E-state index contributed by atoms with van der Waals surface area (Å²) >= 11 is 0. The second-order valence-corrected chi connectivity index (χ2v) is 6.38. The Balaban J connectivity index is 1.93. The number of rotatable bonds is 5. The van der Waals surface area contributed by atoms with Crippen LogP contribution in [0.15, 0.2) is 42.1 Å². The summed E-state index contributed by atoms with van der Waals surface area (Å²) in [7, 11) is 4.92. The van der Waals surface area contributed by atoms with Gasteiger partial charge >= 0.3 is 0 Å². The summed E-state index contributed by atoms with van der Waals surface area (Å²) in [5.41, 5.74) is 4.15. The number of allylic oxidation sites excluding steroid dienone is 1. The van der Waals surface area contributed by atoms with Gasteiger partial charge in [0.25, 0.3) is 5.95 Å². The van der Waals surface area contributed by atoms with E-state index in [2.05, 4.69) is 26.7 Å². The lowest BCUT2D eigenvalue weighted by Gasteiger charge is -2.36. The van der Waals surface area contributed by atoms with Crippen LogP contribution in [-0.2, 0) is 0 Å². The summed E-state index contributed by atoms with van der Waals surface area (Å²) in [6.45, 7) is 2.02. The number of anilines is 1. The molecule has 1 N–H and O–H groups in total. The minimum absolute atomic E-state index is 0.164. The van der Waals surface area contributed by atoms with E-state index in [1.165, 1.54) is 0 Å². The van der Waals surface area contributed by atoms with E-state index in [-0.39, 0.29) is 6.04 Å². The largest absolute Gasteiger partial charge is 0.497 e. The number of benzene rings is 2. The van der Waals surface area contributed by atoms with Gasteiger partial charge in [-0.15, -0.1) is 5.10 Å². The molecule has 1 atom stereocenters. The highest BCUT2D eigenvalue weighted by Crippen LogP contribution is 2.44. The van der Waals surface area contributed by atoms with Crippen LogP contribution in [0.2, 0.25) is 0 Å². The molecule has 8 heteroatoms. The number of fused-ring (bicyclic) bond motifs is 1. The van der Waals surface area contributed by atoms with Crippen LogP contribution in [0.3, 0.4) is 0 Å². The van der Waals surface area contributed by atoms with Crippen molar-refractivity contribution in [1.82, 2.24) is 20.6 Å². The number of ether oxygens (including phenoxy) is 3. The van der Waals surface area contributed by atoms with Crippen molar-refractivity contribution in [3.63, 3.8) is 0 Å². The first-order valence-electron chi connectivity index (χ1n) is 8.77. The van der Waals surface area contributed by atoms with Crippen molar-refractivity contribution in [2.45, 2.75) is 13.0 Å². The summed E-state index contributed by atoms with van der Waals surface area (Å²) in [4.78, 5) is 2.04. The van der Waals surface area contributed by atoms with Crippen LogP contribution in [0, 0.1) is 0 Å². The summed E-state index contributed by atoms with van der Waals surface area (Å²) in [6.07, 6.45) is 2.08. The number of methoxy groups -OCH3 is 3. The zero-order valence-electron chi connectivity index (χ0n) is 16.1. The van der Waals surface area contributed by atoms with Crippen LogP contribution in [-0.4, -0.2) is 42.0 Å². The Bertz CT molecular complexity index is 999. The van der Waals surface area contributed by atoms with Crippen molar-refractivity contribution in [2.24, 2.45) is 0 Å². The number of aromatic nitrogens is 4. The molecule has 0 bridgehead atoms. The average molecular weight is 379 g/mol. The molecule has 3 aromatic rings. The summed E-state index contributed by atoms with van der Waals surface area (Å²) < 4.78 is 16.3. The van der Waals surface area contributed by atoms with Crippen molar-refractivity contribution >= 4 is 12.0 Å². The molecule has 1 aromatic heterocycles. The molecular weight excluding hydrogens is 358 g/mol. The highest BCUT2D eigenvalue weighted by molar-refractivity contribution is 5.72. The molecule has 1 unspecified atom stereocenters. The first kappa shape index (κ1) is 17.8. The molecule has 1 aliphatic rings. The Hall–Kier alpha value is -3.55. The van der Waals surface area contributed by atoms with Crippen LogP contribution in [0.25, 0.3) is 6.08 Å². The van der Waals surface area contributed by atoms with Crippen LogP contribution in [0.4, 0.5) is 5.95 Å². The van der Waals surface area contributed by atoms with Gasteiger partial charge in [0.1, 0.15) is 5.75 Å².